The second-order valence-electron chi connectivity index (χ2n) is 5.14. The molecule has 0 bridgehead atoms. The molecule has 0 spiro atoms. The van der Waals surface area contributed by atoms with Crippen molar-refractivity contribution in [3.8, 4) is 0 Å². The highest BCUT2D eigenvalue weighted by atomic mass is 35.5. The van der Waals surface area contributed by atoms with Crippen LogP contribution in [0.15, 0.2) is 18.5 Å². The van der Waals surface area contributed by atoms with Gasteiger partial charge >= 0.3 is 0 Å². The van der Waals surface area contributed by atoms with Crippen LogP contribution in [-0.2, 0) is 0 Å². The summed E-state index contributed by atoms with van der Waals surface area (Å²) < 4.78 is 0. The smallest absolute Gasteiger partial charge is 0.132 e. The summed E-state index contributed by atoms with van der Waals surface area (Å²) in [4.78, 5) is 12.3. The van der Waals surface area contributed by atoms with Crippen LogP contribution in [0.5, 0.6) is 0 Å². The number of aromatic amines is 1. The van der Waals surface area contributed by atoms with E-state index in [9.17, 15) is 0 Å². The molecule has 4 N–H and O–H groups in total. The first-order chi connectivity index (χ1) is 8.22. The molecule has 1 saturated heterocycles. The standard InChI is InChI=1S/C13H18N4.ClH.H2O/c1-8-5-10(6-9(2)16-8)13-15-7-12-11(17-13)3-4-14-12;;/h3-4,7-10,14,16H,5-6H2,1-2H3;1H;1H2. The van der Waals surface area contributed by atoms with Crippen LogP contribution in [0, 0.1) is 0 Å². The fraction of sp³-hybridized carbons (Fsp3) is 0.538. The second kappa shape index (κ2) is 6.32. The molecule has 2 atom stereocenters. The van der Waals surface area contributed by atoms with Gasteiger partial charge in [-0.25, -0.2) is 9.97 Å². The molecular weight excluding hydrogens is 264 g/mol. The number of aromatic nitrogens is 3. The number of hydrogen-bond donors (Lipinski definition) is 2. The van der Waals surface area contributed by atoms with Crippen LogP contribution in [0.4, 0.5) is 0 Å². The van der Waals surface area contributed by atoms with Crippen molar-refractivity contribution in [2.24, 2.45) is 0 Å². The van der Waals surface area contributed by atoms with E-state index >= 15 is 0 Å². The molecular formula is C13H21ClN4O. The summed E-state index contributed by atoms with van der Waals surface area (Å²) in [5.41, 5.74) is 2.04. The number of H-pyrrole nitrogens is 1. The predicted octanol–water partition coefficient (Wildman–Crippen LogP) is 1.80. The van der Waals surface area contributed by atoms with Crippen LogP contribution in [0.1, 0.15) is 38.4 Å². The summed E-state index contributed by atoms with van der Waals surface area (Å²) in [6.45, 7) is 4.47. The summed E-state index contributed by atoms with van der Waals surface area (Å²) in [5, 5.41) is 3.55. The Bertz CT molecular complexity index is 520. The van der Waals surface area contributed by atoms with Gasteiger partial charge in [0, 0.05) is 24.2 Å². The Labute approximate surface area is 118 Å². The van der Waals surface area contributed by atoms with Crippen LogP contribution in [-0.4, -0.2) is 32.5 Å². The van der Waals surface area contributed by atoms with E-state index in [1.807, 2.05) is 18.5 Å². The van der Waals surface area contributed by atoms with Gasteiger partial charge in [-0.3, -0.25) is 0 Å². The van der Waals surface area contributed by atoms with E-state index in [0.717, 1.165) is 29.7 Å². The van der Waals surface area contributed by atoms with Crippen molar-refractivity contribution in [2.45, 2.75) is 44.7 Å². The lowest BCUT2D eigenvalue weighted by molar-refractivity contribution is 0.310. The van der Waals surface area contributed by atoms with E-state index in [-0.39, 0.29) is 17.9 Å². The Morgan fingerprint density at radius 2 is 1.89 bits per heavy atom. The van der Waals surface area contributed by atoms with Gasteiger partial charge in [0.15, 0.2) is 0 Å². The molecule has 106 valence electrons. The zero-order chi connectivity index (χ0) is 11.8. The van der Waals surface area contributed by atoms with E-state index < -0.39 is 0 Å². The zero-order valence-electron chi connectivity index (χ0n) is 11.2. The van der Waals surface area contributed by atoms with Crippen molar-refractivity contribution >= 4 is 23.4 Å². The van der Waals surface area contributed by atoms with E-state index in [2.05, 4.69) is 34.1 Å². The Hall–Kier alpha value is -1.17. The molecule has 1 fully saturated rings. The van der Waals surface area contributed by atoms with Crippen LogP contribution in [0.2, 0.25) is 0 Å². The molecule has 0 radical (unpaired) electrons. The van der Waals surface area contributed by atoms with Gasteiger partial charge in [0.25, 0.3) is 0 Å². The normalized spacial score (nSPS) is 26.5. The van der Waals surface area contributed by atoms with E-state index in [1.54, 1.807) is 0 Å². The quantitative estimate of drug-likeness (QED) is 0.837. The minimum absolute atomic E-state index is 0. The maximum Gasteiger partial charge on any atom is 0.132 e. The monoisotopic (exact) mass is 284 g/mol. The number of halogens is 1. The molecule has 0 saturated carbocycles. The third-order valence-electron chi connectivity index (χ3n) is 3.53. The highest BCUT2D eigenvalue weighted by molar-refractivity contribution is 5.85. The topological polar surface area (TPSA) is 85.1 Å². The van der Waals surface area contributed by atoms with Crippen molar-refractivity contribution in [3.05, 3.63) is 24.3 Å². The first kappa shape index (κ1) is 15.9. The Kier molecular flexibility index (Phi) is 5.29. The average molecular weight is 285 g/mol. The molecule has 0 aromatic carbocycles. The SMILES string of the molecule is CC1CC(c2ncc3[nH]ccc3n2)CC(C)N1.Cl.O. The maximum absolute atomic E-state index is 4.66. The van der Waals surface area contributed by atoms with Gasteiger partial charge < -0.3 is 15.8 Å². The van der Waals surface area contributed by atoms with Crippen LogP contribution >= 0.6 is 12.4 Å². The van der Waals surface area contributed by atoms with Crippen LogP contribution < -0.4 is 5.32 Å². The Balaban J connectivity index is 0.000000902. The second-order valence-corrected chi connectivity index (χ2v) is 5.14. The Morgan fingerprint density at radius 3 is 2.58 bits per heavy atom. The number of nitrogens with zero attached hydrogens (tertiary/aromatic N) is 2. The summed E-state index contributed by atoms with van der Waals surface area (Å²) in [6.07, 6.45) is 6.06. The number of hydrogen-bond acceptors (Lipinski definition) is 3. The molecule has 2 unspecified atom stereocenters. The summed E-state index contributed by atoms with van der Waals surface area (Å²) in [7, 11) is 0. The third-order valence-corrected chi connectivity index (χ3v) is 3.53. The first-order valence-corrected chi connectivity index (χ1v) is 6.28. The lowest BCUT2D eigenvalue weighted by atomic mass is 9.88. The zero-order valence-corrected chi connectivity index (χ0v) is 12.0. The number of rotatable bonds is 1. The van der Waals surface area contributed by atoms with Gasteiger partial charge in [-0.2, -0.15) is 0 Å². The van der Waals surface area contributed by atoms with Crippen LogP contribution in [0.3, 0.4) is 0 Å². The van der Waals surface area contributed by atoms with Gasteiger partial charge in [-0.1, -0.05) is 0 Å². The minimum Gasteiger partial charge on any atom is -0.412 e. The summed E-state index contributed by atoms with van der Waals surface area (Å²) in [5.74, 6) is 1.48. The number of fused-ring (bicyclic) bond motifs is 1. The highest BCUT2D eigenvalue weighted by Gasteiger charge is 2.26. The summed E-state index contributed by atoms with van der Waals surface area (Å²) in [6, 6.07) is 3.11. The van der Waals surface area contributed by atoms with E-state index in [4.69, 9.17) is 0 Å². The molecule has 19 heavy (non-hydrogen) atoms. The summed E-state index contributed by atoms with van der Waals surface area (Å²) >= 11 is 0. The fourth-order valence-corrected chi connectivity index (χ4v) is 2.84. The minimum atomic E-state index is 0. The first-order valence-electron chi connectivity index (χ1n) is 6.28. The van der Waals surface area contributed by atoms with Crippen LogP contribution in [0.25, 0.3) is 11.0 Å². The van der Waals surface area contributed by atoms with Crippen molar-refractivity contribution in [1.29, 1.82) is 0 Å². The largest absolute Gasteiger partial charge is 0.412 e. The number of piperidine rings is 1. The molecule has 1 aliphatic rings. The molecule has 0 amide bonds. The van der Waals surface area contributed by atoms with E-state index in [1.165, 1.54) is 0 Å². The Morgan fingerprint density at radius 1 is 1.21 bits per heavy atom. The molecule has 3 heterocycles. The molecule has 1 aliphatic heterocycles. The third kappa shape index (κ3) is 3.23. The van der Waals surface area contributed by atoms with Gasteiger partial charge in [-0.05, 0) is 32.8 Å². The van der Waals surface area contributed by atoms with Gasteiger partial charge in [0.2, 0.25) is 0 Å². The van der Waals surface area contributed by atoms with Gasteiger partial charge in [-0.15, -0.1) is 12.4 Å². The average Bonchev–Trinajstić information content (AvgIpc) is 2.74. The van der Waals surface area contributed by atoms with Crippen molar-refractivity contribution in [3.63, 3.8) is 0 Å². The fourth-order valence-electron chi connectivity index (χ4n) is 2.84. The van der Waals surface area contributed by atoms with E-state index in [0.29, 0.717) is 18.0 Å². The highest BCUT2D eigenvalue weighted by Crippen LogP contribution is 2.28. The molecule has 3 rings (SSSR count). The predicted molar refractivity (Wildman–Crippen MR) is 78.8 cm³/mol. The molecule has 2 aromatic heterocycles. The number of nitrogens with one attached hydrogen (secondary N) is 2. The van der Waals surface area contributed by atoms with Crippen molar-refractivity contribution < 1.29 is 5.48 Å². The van der Waals surface area contributed by atoms with Crippen molar-refractivity contribution in [1.82, 2.24) is 20.3 Å². The molecule has 6 heteroatoms. The molecule has 2 aromatic rings. The van der Waals surface area contributed by atoms with Crippen molar-refractivity contribution in [2.75, 3.05) is 0 Å². The maximum atomic E-state index is 4.66. The van der Waals surface area contributed by atoms with Gasteiger partial charge in [0.1, 0.15) is 5.82 Å². The lowest BCUT2D eigenvalue weighted by Crippen LogP contribution is -2.41. The lowest BCUT2D eigenvalue weighted by Gasteiger charge is -2.32. The van der Waals surface area contributed by atoms with Gasteiger partial charge in [0.05, 0.1) is 17.2 Å². The molecule has 5 nitrogen and oxygen atoms in total. The molecule has 0 aliphatic carbocycles.